The molecule has 0 aromatic heterocycles. The molecule has 0 radical (unpaired) electrons. The molecule has 1 unspecified atom stereocenters. The minimum Gasteiger partial charge on any atom is -0.449 e. The van der Waals surface area contributed by atoms with Crippen LogP contribution in [0.5, 0.6) is 5.75 Å². The maximum absolute atomic E-state index is 11.0. The molecule has 4 aromatic carbocycles. The lowest BCUT2D eigenvalue weighted by Crippen LogP contribution is -2.25. The minimum atomic E-state index is -2.72. The molecule has 0 aliphatic heterocycles. The van der Waals surface area contributed by atoms with Crippen molar-refractivity contribution in [3.8, 4) is 5.75 Å². The third-order valence-corrected chi connectivity index (χ3v) is 8.38. The van der Waals surface area contributed by atoms with Crippen molar-refractivity contribution >= 4 is 40.0 Å². The Labute approximate surface area is 186 Å². The summed E-state index contributed by atoms with van der Waals surface area (Å²) in [4.78, 5) is 10.5. The first kappa shape index (κ1) is 21.2. The average molecular weight is 448 g/mol. The standard InChI is InChI=1S/C24H21N2O3PS/c1-18(23-13-7-9-19-8-5-6-12-24(19)23)25-30(31,22-10-3-2-4-11-22)29-21-16-14-20(15-17-21)26(27)28/h2-18H,1H3,(H,25,31)/t18-,30?/m0/s1. The van der Waals surface area contributed by atoms with Crippen molar-refractivity contribution in [2.75, 3.05) is 0 Å². The van der Waals surface area contributed by atoms with Gasteiger partial charge in [-0.15, -0.1) is 0 Å². The summed E-state index contributed by atoms with van der Waals surface area (Å²) in [6.45, 7) is 2.07. The number of nitrogens with one attached hydrogen (secondary N) is 1. The van der Waals surface area contributed by atoms with Crippen LogP contribution in [0.15, 0.2) is 97.1 Å². The number of hydrogen-bond donors (Lipinski definition) is 1. The summed E-state index contributed by atoms with van der Waals surface area (Å²) in [6.07, 6.45) is -2.72. The molecule has 4 aromatic rings. The highest BCUT2D eigenvalue weighted by Gasteiger charge is 2.26. The summed E-state index contributed by atoms with van der Waals surface area (Å²) >= 11 is 6.08. The number of non-ortho nitro benzene ring substituents is 1. The van der Waals surface area contributed by atoms with Crippen molar-refractivity contribution in [3.05, 3.63) is 113 Å². The van der Waals surface area contributed by atoms with Gasteiger partial charge < -0.3 is 4.52 Å². The van der Waals surface area contributed by atoms with Crippen molar-refractivity contribution in [1.29, 1.82) is 0 Å². The third kappa shape index (κ3) is 4.67. The van der Waals surface area contributed by atoms with E-state index in [-0.39, 0.29) is 11.7 Å². The van der Waals surface area contributed by atoms with E-state index in [4.69, 9.17) is 16.3 Å². The predicted molar refractivity (Wildman–Crippen MR) is 130 cm³/mol. The fourth-order valence-electron chi connectivity index (χ4n) is 3.51. The van der Waals surface area contributed by atoms with Crippen molar-refractivity contribution in [3.63, 3.8) is 0 Å². The van der Waals surface area contributed by atoms with Crippen LogP contribution < -0.4 is 14.9 Å². The zero-order valence-electron chi connectivity index (χ0n) is 16.8. The van der Waals surface area contributed by atoms with Gasteiger partial charge in [0.05, 0.1) is 4.92 Å². The van der Waals surface area contributed by atoms with Gasteiger partial charge in [-0.3, -0.25) is 10.1 Å². The second kappa shape index (κ2) is 8.98. The van der Waals surface area contributed by atoms with Crippen LogP contribution in [0.4, 0.5) is 5.69 Å². The molecule has 0 saturated heterocycles. The second-order valence-corrected chi connectivity index (χ2v) is 10.8. The van der Waals surface area contributed by atoms with Crippen LogP contribution in [0.25, 0.3) is 10.8 Å². The monoisotopic (exact) mass is 448 g/mol. The molecule has 7 heteroatoms. The Morgan fingerprint density at radius 2 is 1.55 bits per heavy atom. The van der Waals surface area contributed by atoms with Crippen LogP contribution in [0.1, 0.15) is 18.5 Å². The smallest absolute Gasteiger partial charge is 0.269 e. The Morgan fingerprint density at radius 3 is 2.26 bits per heavy atom. The fraction of sp³-hybridized carbons (Fsp3) is 0.0833. The molecule has 0 aliphatic carbocycles. The van der Waals surface area contributed by atoms with Gasteiger partial charge in [0.1, 0.15) is 5.75 Å². The van der Waals surface area contributed by atoms with Crippen LogP contribution in [-0.4, -0.2) is 4.92 Å². The maximum atomic E-state index is 11.0. The lowest BCUT2D eigenvalue weighted by atomic mass is 10.0. The van der Waals surface area contributed by atoms with E-state index < -0.39 is 11.3 Å². The summed E-state index contributed by atoms with van der Waals surface area (Å²) < 4.78 is 6.32. The predicted octanol–water partition coefficient (Wildman–Crippen LogP) is 6.11. The molecule has 0 spiro atoms. The van der Waals surface area contributed by atoms with E-state index in [1.54, 1.807) is 12.1 Å². The van der Waals surface area contributed by atoms with E-state index in [9.17, 15) is 10.1 Å². The van der Waals surface area contributed by atoms with E-state index in [1.807, 2.05) is 48.5 Å². The van der Waals surface area contributed by atoms with Crippen molar-refractivity contribution in [2.24, 2.45) is 0 Å². The molecule has 2 atom stereocenters. The molecule has 0 amide bonds. The topological polar surface area (TPSA) is 64.4 Å². The van der Waals surface area contributed by atoms with Gasteiger partial charge in [-0.25, -0.2) is 5.09 Å². The molecule has 1 N–H and O–H groups in total. The summed E-state index contributed by atoms with van der Waals surface area (Å²) in [5.74, 6) is 0.496. The van der Waals surface area contributed by atoms with E-state index in [0.717, 1.165) is 21.6 Å². The molecular formula is C24H21N2O3PS. The molecule has 0 aliphatic rings. The van der Waals surface area contributed by atoms with Gasteiger partial charge in [-0.2, -0.15) is 0 Å². The summed E-state index contributed by atoms with van der Waals surface area (Å²) in [5.41, 5.74) is 1.15. The first-order valence-electron chi connectivity index (χ1n) is 9.81. The Hall–Kier alpha value is -3.05. The largest absolute Gasteiger partial charge is 0.449 e. The number of nitro groups is 1. The number of hydrogen-bond acceptors (Lipinski definition) is 4. The number of rotatable bonds is 7. The molecule has 31 heavy (non-hydrogen) atoms. The van der Waals surface area contributed by atoms with Gasteiger partial charge in [-0.05, 0) is 59.3 Å². The second-order valence-electron chi connectivity index (χ2n) is 7.15. The molecule has 5 nitrogen and oxygen atoms in total. The minimum absolute atomic E-state index is 0.0115. The highest BCUT2D eigenvalue weighted by molar-refractivity contribution is 8.15. The number of fused-ring (bicyclic) bond motifs is 1. The number of benzene rings is 4. The van der Waals surface area contributed by atoms with Gasteiger partial charge in [0, 0.05) is 23.5 Å². The Balaban J connectivity index is 1.69. The first-order chi connectivity index (χ1) is 15.0. The van der Waals surface area contributed by atoms with Crippen molar-refractivity contribution < 1.29 is 9.45 Å². The van der Waals surface area contributed by atoms with E-state index >= 15 is 0 Å². The average Bonchev–Trinajstić information content (AvgIpc) is 2.79. The molecule has 0 heterocycles. The van der Waals surface area contributed by atoms with Crippen molar-refractivity contribution in [1.82, 2.24) is 5.09 Å². The quantitative estimate of drug-likeness (QED) is 0.210. The van der Waals surface area contributed by atoms with E-state index in [0.29, 0.717) is 5.75 Å². The van der Waals surface area contributed by atoms with Gasteiger partial charge >= 0.3 is 0 Å². The van der Waals surface area contributed by atoms with Gasteiger partial charge in [0.2, 0.25) is 6.42 Å². The number of nitro benzene ring substituents is 1. The SMILES string of the molecule is C[C@H](NP(=S)(Oc1ccc([N+](=O)[O-])cc1)c1ccccc1)c1cccc2ccccc12. The lowest BCUT2D eigenvalue weighted by molar-refractivity contribution is -0.384. The van der Waals surface area contributed by atoms with Crippen LogP contribution in [0.3, 0.4) is 0 Å². The van der Waals surface area contributed by atoms with E-state index in [2.05, 4.69) is 36.3 Å². The lowest BCUT2D eigenvalue weighted by Gasteiger charge is -2.29. The summed E-state index contributed by atoms with van der Waals surface area (Å²) in [6, 6.07) is 30.1. The Kier molecular flexibility index (Phi) is 6.14. The van der Waals surface area contributed by atoms with Crippen LogP contribution in [0.2, 0.25) is 0 Å². The first-order valence-corrected chi connectivity index (χ1v) is 12.5. The van der Waals surface area contributed by atoms with Crippen LogP contribution >= 0.6 is 6.42 Å². The highest BCUT2D eigenvalue weighted by Crippen LogP contribution is 2.45. The van der Waals surface area contributed by atoms with Gasteiger partial charge in [0.25, 0.3) is 5.69 Å². The summed E-state index contributed by atoms with van der Waals surface area (Å²) in [5, 5.41) is 17.8. The highest BCUT2D eigenvalue weighted by atomic mass is 32.4. The Morgan fingerprint density at radius 1 is 0.903 bits per heavy atom. The molecule has 156 valence electrons. The molecule has 0 fully saturated rings. The third-order valence-electron chi connectivity index (χ3n) is 5.03. The van der Waals surface area contributed by atoms with Gasteiger partial charge in [0.15, 0.2) is 0 Å². The van der Waals surface area contributed by atoms with Crippen LogP contribution in [-0.2, 0) is 11.8 Å². The Bertz CT molecular complexity index is 1260. The van der Waals surface area contributed by atoms with Crippen molar-refractivity contribution in [2.45, 2.75) is 13.0 Å². The molecule has 4 rings (SSSR count). The maximum Gasteiger partial charge on any atom is 0.269 e. The van der Waals surface area contributed by atoms with Gasteiger partial charge in [-0.1, -0.05) is 60.7 Å². The number of nitrogens with zero attached hydrogens (tertiary/aromatic N) is 1. The summed E-state index contributed by atoms with van der Waals surface area (Å²) in [7, 11) is 0. The molecule has 0 saturated carbocycles. The molecular weight excluding hydrogens is 427 g/mol. The zero-order valence-corrected chi connectivity index (χ0v) is 18.6. The normalized spacial score (nSPS) is 14.0. The van der Waals surface area contributed by atoms with E-state index in [1.165, 1.54) is 12.1 Å². The fourth-order valence-corrected chi connectivity index (χ4v) is 6.54. The molecule has 0 bridgehead atoms. The van der Waals surface area contributed by atoms with Crippen LogP contribution in [0, 0.1) is 10.1 Å². The zero-order chi connectivity index (χ0) is 21.8.